The molecule has 0 spiro atoms. The van der Waals surface area contributed by atoms with Crippen LogP contribution in [0.5, 0.6) is 0 Å². The molecule has 156 valence electrons. The van der Waals surface area contributed by atoms with Gasteiger partial charge in [-0.3, -0.25) is 19.3 Å². The highest BCUT2D eigenvalue weighted by Gasteiger charge is 2.52. The Morgan fingerprint density at radius 1 is 1.21 bits per heavy atom. The van der Waals surface area contributed by atoms with E-state index >= 15 is 0 Å². The molecule has 4 rings (SSSR count). The summed E-state index contributed by atoms with van der Waals surface area (Å²) in [5.74, 6) is 1.01. The average Bonchev–Trinajstić information content (AvgIpc) is 3.01. The van der Waals surface area contributed by atoms with Gasteiger partial charge < -0.3 is 10.2 Å². The van der Waals surface area contributed by atoms with Crippen LogP contribution in [0.1, 0.15) is 69.7 Å². The number of benzene rings is 1. The largest absolute Gasteiger partial charge is 0.353 e. The third-order valence-electron chi connectivity index (χ3n) is 7.36. The van der Waals surface area contributed by atoms with E-state index in [1.165, 1.54) is 6.42 Å². The van der Waals surface area contributed by atoms with Crippen molar-refractivity contribution in [2.24, 2.45) is 11.8 Å². The summed E-state index contributed by atoms with van der Waals surface area (Å²) < 4.78 is 0. The highest BCUT2D eigenvalue weighted by Crippen LogP contribution is 2.44. The molecule has 1 aromatic carbocycles. The molecule has 0 radical (unpaired) electrons. The molecular weight excluding hydrogens is 366 g/mol. The van der Waals surface area contributed by atoms with Gasteiger partial charge in [-0.15, -0.1) is 0 Å². The van der Waals surface area contributed by atoms with Crippen molar-refractivity contribution in [3.05, 3.63) is 29.8 Å². The molecule has 2 fully saturated rings. The zero-order valence-corrected chi connectivity index (χ0v) is 17.6. The number of nitrogens with zero attached hydrogens (tertiary/aromatic N) is 2. The summed E-state index contributed by atoms with van der Waals surface area (Å²) in [6.45, 7) is 6.72. The molecular formula is C23H31N3O3. The Bertz CT molecular complexity index is 838. The van der Waals surface area contributed by atoms with Crippen LogP contribution in [0.4, 0.5) is 5.69 Å². The monoisotopic (exact) mass is 397 g/mol. The van der Waals surface area contributed by atoms with Crippen molar-refractivity contribution in [2.75, 3.05) is 11.4 Å². The molecule has 0 aromatic heterocycles. The Labute approximate surface area is 172 Å². The van der Waals surface area contributed by atoms with E-state index in [-0.39, 0.29) is 30.2 Å². The lowest BCUT2D eigenvalue weighted by Crippen LogP contribution is -2.62. The Balaban J connectivity index is 1.49. The lowest BCUT2D eigenvalue weighted by molar-refractivity contribution is -0.122. The van der Waals surface area contributed by atoms with E-state index in [2.05, 4.69) is 19.2 Å². The first kappa shape index (κ1) is 19.9. The highest BCUT2D eigenvalue weighted by atomic mass is 16.2. The van der Waals surface area contributed by atoms with Crippen LogP contribution < -0.4 is 10.2 Å². The predicted octanol–water partition coefficient (Wildman–Crippen LogP) is 3.32. The summed E-state index contributed by atoms with van der Waals surface area (Å²) in [6, 6.07) is 7.49. The number of amides is 3. The molecule has 2 aliphatic heterocycles. The van der Waals surface area contributed by atoms with Gasteiger partial charge in [-0.1, -0.05) is 38.8 Å². The van der Waals surface area contributed by atoms with E-state index in [0.29, 0.717) is 42.5 Å². The van der Waals surface area contributed by atoms with Gasteiger partial charge in [0.25, 0.3) is 5.91 Å². The maximum absolute atomic E-state index is 13.2. The summed E-state index contributed by atoms with van der Waals surface area (Å²) in [4.78, 5) is 42.0. The van der Waals surface area contributed by atoms with Gasteiger partial charge in [0.05, 0.1) is 11.3 Å². The number of hydrogen-bond donors (Lipinski definition) is 1. The minimum atomic E-state index is -0.699. The van der Waals surface area contributed by atoms with Crippen LogP contribution in [-0.4, -0.2) is 40.9 Å². The first-order valence-electron chi connectivity index (χ1n) is 10.9. The van der Waals surface area contributed by atoms with Crippen molar-refractivity contribution in [2.45, 2.75) is 71.0 Å². The van der Waals surface area contributed by atoms with Gasteiger partial charge >= 0.3 is 0 Å². The zero-order chi connectivity index (χ0) is 20.8. The lowest BCUT2D eigenvalue weighted by atomic mass is 9.78. The molecule has 0 bridgehead atoms. The molecule has 3 amide bonds. The van der Waals surface area contributed by atoms with E-state index < -0.39 is 5.66 Å². The second-order valence-electron chi connectivity index (χ2n) is 9.11. The van der Waals surface area contributed by atoms with Gasteiger partial charge in [0, 0.05) is 25.4 Å². The van der Waals surface area contributed by atoms with Crippen LogP contribution in [-0.2, 0) is 9.59 Å². The zero-order valence-electron chi connectivity index (χ0n) is 17.6. The smallest absolute Gasteiger partial charge is 0.257 e. The summed E-state index contributed by atoms with van der Waals surface area (Å²) in [5, 5.41) is 3.20. The SMILES string of the molecule is CC1CCCC(NC(=O)CCN2C(=O)c3ccccc3N3C(=O)CCC23C)C1C. The van der Waals surface area contributed by atoms with Crippen molar-refractivity contribution in [1.82, 2.24) is 10.2 Å². The van der Waals surface area contributed by atoms with Gasteiger partial charge in [-0.2, -0.15) is 0 Å². The van der Waals surface area contributed by atoms with E-state index in [0.717, 1.165) is 12.8 Å². The molecule has 6 heteroatoms. The fourth-order valence-electron chi connectivity index (χ4n) is 5.32. The number of carbonyl (C=O) groups excluding carboxylic acids is 3. The number of anilines is 1. The van der Waals surface area contributed by atoms with Gasteiger partial charge in [-0.25, -0.2) is 0 Å². The van der Waals surface area contributed by atoms with Gasteiger partial charge in [0.1, 0.15) is 5.66 Å². The van der Waals surface area contributed by atoms with Gasteiger partial charge in [0.15, 0.2) is 0 Å². The highest BCUT2D eigenvalue weighted by molar-refractivity contribution is 6.10. The Kier molecular flexibility index (Phi) is 5.13. The minimum absolute atomic E-state index is 0.0120. The standard InChI is InChI=1S/C23H31N3O3/c1-15-7-6-9-18(16(15)2)24-20(27)12-14-25-22(29)17-8-4-5-10-19(17)26-21(28)11-13-23(25,26)3/h4-5,8,10,15-16,18H,6-7,9,11-14H2,1-3H3,(H,24,27). The minimum Gasteiger partial charge on any atom is -0.353 e. The fraction of sp³-hybridized carbons (Fsp3) is 0.609. The average molecular weight is 398 g/mol. The van der Waals surface area contributed by atoms with E-state index in [1.807, 2.05) is 25.1 Å². The van der Waals surface area contributed by atoms with E-state index in [4.69, 9.17) is 0 Å². The second kappa shape index (κ2) is 7.47. The van der Waals surface area contributed by atoms with Crippen LogP contribution in [0.25, 0.3) is 0 Å². The van der Waals surface area contributed by atoms with Crippen LogP contribution in [0.3, 0.4) is 0 Å². The molecule has 3 aliphatic rings. The number of para-hydroxylation sites is 1. The number of nitrogens with one attached hydrogen (secondary N) is 1. The van der Waals surface area contributed by atoms with Crippen LogP contribution in [0.2, 0.25) is 0 Å². The molecule has 1 N–H and O–H groups in total. The van der Waals surface area contributed by atoms with Crippen molar-refractivity contribution in [1.29, 1.82) is 0 Å². The van der Waals surface area contributed by atoms with Crippen molar-refractivity contribution in [3.63, 3.8) is 0 Å². The molecule has 4 atom stereocenters. The Hall–Kier alpha value is -2.37. The second-order valence-corrected chi connectivity index (χ2v) is 9.11. The molecule has 1 aliphatic carbocycles. The maximum atomic E-state index is 13.2. The quantitative estimate of drug-likeness (QED) is 0.847. The van der Waals surface area contributed by atoms with Gasteiger partial charge in [0.2, 0.25) is 11.8 Å². The molecule has 2 heterocycles. The number of hydrogen-bond acceptors (Lipinski definition) is 3. The van der Waals surface area contributed by atoms with E-state index in [9.17, 15) is 14.4 Å². The topological polar surface area (TPSA) is 69.7 Å². The first-order chi connectivity index (χ1) is 13.8. The third-order valence-corrected chi connectivity index (χ3v) is 7.36. The predicted molar refractivity (Wildman–Crippen MR) is 111 cm³/mol. The molecule has 1 aromatic rings. The fourth-order valence-corrected chi connectivity index (χ4v) is 5.32. The van der Waals surface area contributed by atoms with Crippen LogP contribution >= 0.6 is 0 Å². The number of rotatable bonds is 4. The van der Waals surface area contributed by atoms with Crippen molar-refractivity contribution in [3.8, 4) is 0 Å². The first-order valence-corrected chi connectivity index (χ1v) is 10.9. The molecule has 1 saturated heterocycles. The lowest BCUT2D eigenvalue weighted by Gasteiger charge is -2.48. The summed E-state index contributed by atoms with van der Waals surface area (Å²) in [5.41, 5.74) is 0.527. The van der Waals surface area contributed by atoms with Gasteiger partial charge in [-0.05, 0) is 43.7 Å². The third kappa shape index (κ3) is 3.32. The van der Waals surface area contributed by atoms with Crippen LogP contribution in [0, 0.1) is 11.8 Å². The molecule has 1 saturated carbocycles. The maximum Gasteiger partial charge on any atom is 0.257 e. The van der Waals surface area contributed by atoms with Crippen molar-refractivity contribution >= 4 is 23.4 Å². The normalized spacial score (nSPS) is 31.5. The summed E-state index contributed by atoms with van der Waals surface area (Å²) in [7, 11) is 0. The summed E-state index contributed by atoms with van der Waals surface area (Å²) >= 11 is 0. The Morgan fingerprint density at radius 3 is 2.76 bits per heavy atom. The van der Waals surface area contributed by atoms with Crippen LogP contribution in [0.15, 0.2) is 24.3 Å². The number of carbonyl (C=O) groups is 3. The van der Waals surface area contributed by atoms with Crippen molar-refractivity contribution < 1.29 is 14.4 Å². The van der Waals surface area contributed by atoms with E-state index in [1.54, 1.807) is 15.9 Å². The Morgan fingerprint density at radius 2 is 1.97 bits per heavy atom. The number of fused-ring (bicyclic) bond motifs is 3. The summed E-state index contributed by atoms with van der Waals surface area (Å²) in [6.07, 6.45) is 4.64. The molecule has 29 heavy (non-hydrogen) atoms. The molecule has 6 nitrogen and oxygen atoms in total. The molecule has 4 unspecified atom stereocenters.